The molecule has 10 aromatic carbocycles. The Bertz CT molecular complexity index is 4220. The predicted octanol–water partition coefficient (Wildman–Crippen LogP) is 15.7. The molecule has 0 spiro atoms. The maximum Gasteiger partial charge on any atom is 0.164 e. The van der Waals surface area contributed by atoms with Crippen LogP contribution in [0.5, 0.6) is 0 Å². The van der Waals surface area contributed by atoms with Crippen LogP contribution in [0.2, 0.25) is 0 Å². The van der Waals surface area contributed by atoms with Gasteiger partial charge in [-0.1, -0.05) is 140 Å². The molecule has 63 heavy (non-hydrogen) atoms. The van der Waals surface area contributed by atoms with Gasteiger partial charge in [-0.2, -0.15) is 0 Å². The van der Waals surface area contributed by atoms with Gasteiger partial charge in [0.15, 0.2) is 17.5 Å². The molecule has 0 saturated heterocycles. The Labute approximate surface area is 363 Å². The molecule has 0 bridgehead atoms. The number of rotatable bonds is 4. The molecule has 0 aliphatic rings. The zero-order chi connectivity index (χ0) is 41.2. The number of furan rings is 1. The van der Waals surface area contributed by atoms with E-state index in [-0.39, 0.29) is 0 Å². The third-order valence-electron chi connectivity index (χ3n) is 12.8. The lowest BCUT2D eigenvalue weighted by Crippen LogP contribution is -2.01. The van der Waals surface area contributed by atoms with Gasteiger partial charge >= 0.3 is 0 Å². The molecule has 0 aliphatic heterocycles. The summed E-state index contributed by atoms with van der Waals surface area (Å²) in [6, 6.07) is 69.2. The summed E-state index contributed by atoms with van der Waals surface area (Å²) < 4.78 is 11.5. The zero-order valence-electron chi connectivity index (χ0n) is 33.6. The Hall–Kier alpha value is -8.19. The van der Waals surface area contributed by atoms with Gasteiger partial charge in [0.05, 0.1) is 11.0 Å². The van der Waals surface area contributed by atoms with E-state index in [0.29, 0.717) is 17.5 Å². The Balaban J connectivity index is 1.07. The number of hydrogen-bond donors (Lipinski definition) is 0. The Morgan fingerprint density at radius 2 is 1.05 bits per heavy atom. The summed E-state index contributed by atoms with van der Waals surface area (Å²) in [6.45, 7) is 0. The summed E-state index contributed by atoms with van der Waals surface area (Å²) in [6.07, 6.45) is 0. The van der Waals surface area contributed by atoms with Crippen molar-refractivity contribution in [2.75, 3.05) is 0 Å². The summed E-state index contributed by atoms with van der Waals surface area (Å²) in [5.74, 6) is 1.81. The fourth-order valence-electron chi connectivity index (χ4n) is 9.91. The minimum atomic E-state index is 0.582. The summed E-state index contributed by atoms with van der Waals surface area (Å²) in [4.78, 5) is 15.8. The fourth-order valence-corrected chi connectivity index (χ4v) is 11.1. The second-order valence-corrected chi connectivity index (χ2v) is 17.4. The van der Waals surface area contributed by atoms with Crippen LogP contribution in [0, 0.1) is 0 Å². The van der Waals surface area contributed by atoms with E-state index in [0.717, 1.165) is 66.1 Å². The maximum absolute atomic E-state index is 6.65. The van der Waals surface area contributed by atoms with Gasteiger partial charge in [-0.05, 0) is 86.9 Å². The zero-order valence-corrected chi connectivity index (χ0v) is 34.4. The molecule has 0 saturated carbocycles. The van der Waals surface area contributed by atoms with E-state index >= 15 is 0 Å². The highest BCUT2D eigenvalue weighted by Crippen LogP contribution is 2.44. The van der Waals surface area contributed by atoms with E-state index in [9.17, 15) is 0 Å². The normalized spacial score (nSPS) is 12.1. The predicted molar refractivity (Wildman–Crippen MR) is 263 cm³/mol. The van der Waals surface area contributed by atoms with Crippen LogP contribution in [-0.2, 0) is 0 Å². The molecule has 5 nitrogen and oxygen atoms in total. The number of benzene rings is 10. The van der Waals surface area contributed by atoms with Crippen molar-refractivity contribution in [3.8, 4) is 39.9 Å². The lowest BCUT2D eigenvalue weighted by Gasteiger charge is -2.14. The van der Waals surface area contributed by atoms with Crippen molar-refractivity contribution in [1.29, 1.82) is 0 Å². The molecule has 4 heterocycles. The largest absolute Gasteiger partial charge is 0.456 e. The smallest absolute Gasteiger partial charge is 0.164 e. The van der Waals surface area contributed by atoms with Gasteiger partial charge in [-0.25, -0.2) is 15.0 Å². The number of fused-ring (bicyclic) bond motifs is 14. The lowest BCUT2D eigenvalue weighted by atomic mass is 9.97. The molecule has 0 atom stereocenters. The Morgan fingerprint density at radius 3 is 1.92 bits per heavy atom. The number of para-hydroxylation sites is 1. The summed E-state index contributed by atoms with van der Waals surface area (Å²) in [7, 11) is 0. The Morgan fingerprint density at radius 1 is 0.365 bits per heavy atom. The number of hydrogen-bond acceptors (Lipinski definition) is 5. The number of aromatic nitrogens is 4. The van der Waals surface area contributed by atoms with Crippen molar-refractivity contribution in [2.24, 2.45) is 0 Å². The summed E-state index contributed by atoms with van der Waals surface area (Å²) >= 11 is 1.79. The van der Waals surface area contributed by atoms with Gasteiger partial charge in [0.1, 0.15) is 11.2 Å². The van der Waals surface area contributed by atoms with Gasteiger partial charge in [0, 0.05) is 64.1 Å². The standard InChI is InChI=1S/C57H32N4OS/c1-2-13-34(14-3-1)55-58-56(37-22-25-41-40-18-9-11-21-51(40)63-52(41)30-37)60-57(59-55)45-32-50-54(43-19-8-10-20-49(43)62-50)42-26-24-38(31-44(42)45)61-47-27-23-33-12-6-7-17-39(33)53(47)46-28-35-15-4-5-16-36(35)29-48(46)61/h1-32H. The highest BCUT2D eigenvalue weighted by atomic mass is 32.1. The summed E-state index contributed by atoms with van der Waals surface area (Å²) in [5, 5.41) is 14.1. The Kier molecular flexibility index (Phi) is 7.21. The van der Waals surface area contributed by atoms with Crippen LogP contribution in [0.15, 0.2) is 199 Å². The molecule has 4 aromatic heterocycles. The molecule has 292 valence electrons. The van der Waals surface area contributed by atoms with Crippen LogP contribution in [0.1, 0.15) is 0 Å². The van der Waals surface area contributed by atoms with Crippen LogP contribution in [0.25, 0.3) is 136 Å². The van der Waals surface area contributed by atoms with Crippen LogP contribution in [-0.4, -0.2) is 19.5 Å². The molecule has 0 amide bonds. The highest BCUT2D eigenvalue weighted by molar-refractivity contribution is 7.25. The topological polar surface area (TPSA) is 56.7 Å². The average molecular weight is 821 g/mol. The van der Waals surface area contributed by atoms with Crippen LogP contribution >= 0.6 is 11.3 Å². The first kappa shape index (κ1) is 34.5. The molecule has 14 rings (SSSR count). The molecule has 14 aromatic rings. The van der Waals surface area contributed by atoms with Gasteiger partial charge in [-0.15, -0.1) is 11.3 Å². The summed E-state index contributed by atoms with van der Waals surface area (Å²) in [5.41, 5.74) is 7.72. The maximum atomic E-state index is 6.65. The molecular formula is C57H32N4OS. The van der Waals surface area contributed by atoms with E-state index < -0.39 is 0 Å². The van der Waals surface area contributed by atoms with Gasteiger partial charge < -0.3 is 8.98 Å². The van der Waals surface area contributed by atoms with Crippen molar-refractivity contribution in [2.45, 2.75) is 0 Å². The first-order valence-corrected chi connectivity index (χ1v) is 22.0. The van der Waals surface area contributed by atoms with E-state index in [1.54, 1.807) is 11.3 Å². The second-order valence-electron chi connectivity index (χ2n) is 16.3. The molecule has 0 N–H and O–H groups in total. The first-order chi connectivity index (χ1) is 31.2. The van der Waals surface area contributed by atoms with Crippen LogP contribution < -0.4 is 0 Å². The van der Waals surface area contributed by atoms with Crippen molar-refractivity contribution in [3.05, 3.63) is 194 Å². The lowest BCUT2D eigenvalue weighted by molar-refractivity contribution is 0.669. The third-order valence-corrected chi connectivity index (χ3v) is 13.9. The van der Waals surface area contributed by atoms with E-state index in [4.69, 9.17) is 19.4 Å². The minimum Gasteiger partial charge on any atom is -0.456 e. The number of thiophene rings is 1. The van der Waals surface area contributed by atoms with E-state index in [1.165, 1.54) is 52.5 Å². The third kappa shape index (κ3) is 5.19. The van der Waals surface area contributed by atoms with Crippen molar-refractivity contribution in [1.82, 2.24) is 19.5 Å². The first-order valence-electron chi connectivity index (χ1n) is 21.2. The molecule has 0 radical (unpaired) electrons. The quantitative estimate of drug-likeness (QED) is 0.177. The van der Waals surface area contributed by atoms with Crippen LogP contribution in [0.4, 0.5) is 0 Å². The van der Waals surface area contributed by atoms with E-state index in [2.05, 4.69) is 168 Å². The molecule has 6 heteroatoms. The van der Waals surface area contributed by atoms with Crippen molar-refractivity contribution < 1.29 is 4.42 Å². The minimum absolute atomic E-state index is 0.582. The molecule has 0 fully saturated rings. The van der Waals surface area contributed by atoms with Gasteiger partial charge in [0.25, 0.3) is 0 Å². The molecule has 0 unspecified atom stereocenters. The monoisotopic (exact) mass is 820 g/mol. The second kappa shape index (κ2) is 13.2. The van der Waals surface area contributed by atoms with Crippen molar-refractivity contribution in [3.63, 3.8) is 0 Å². The van der Waals surface area contributed by atoms with Crippen molar-refractivity contribution >= 4 is 108 Å². The number of nitrogens with zero attached hydrogens (tertiary/aromatic N) is 4. The fraction of sp³-hybridized carbons (Fsp3) is 0. The SMILES string of the molecule is c1ccc(-c2nc(-c3ccc4c(c3)sc3ccccc34)nc(-c3cc4oc5ccccc5c4c4ccc(-n5c6cc7ccccc7cc6c6c7ccccc7ccc65)cc34)n2)cc1. The van der Waals surface area contributed by atoms with Gasteiger partial charge in [0.2, 0.25) is 0 Å². The van der Waals surface area contributed by atoms with Crippen LogP contribution in [0.3, 0.4) is 0 Å². The average Bonchev–Trinajstić information content (AvgIpc) is 4.02. The highest BCUT2D eigenvalue weighted by Gasteiger charge is 2.22. The molecular weight excluding hydrogens is 789 g/mol. The molecule has 0 aliphatic carbocycles. The van der Waals surface area contributed by atoms with Gasteiger partial charge in [-0.3, -0.25) is 0 Å². The van der Waals surface area contributed by atoms with E-state index in [1.807, 2.05) is 30.3 Å².